The van der Waals surface area contributed by atoms with Gasteiger partial charge in [-0.15, -0.1) is 5.10 Å². The number of rotatable bonds is 8. The van der Waals surface area contributed by atoms with Gasteiger partial charge in [0, 0.05) is 45.3 Å². The zero-order valence-corrected chi connectivity index (χ0v) is 25.9. The number of fused-ring (bicyclic) bond motifs is 1. The number of anilines is 3. The van der Waals surface area contributed by atoms with E-state index in [-0.39, 0.29) is 24.8 Å². The second kappa shape index (κ2) is 12.1. The number of benzene rings is 1. The number of nitriles is 1. The van der Waals surface area contributed by atoms with Crippen molar-refractivity contribution in [3.63, 3.8) is 0 Å². The van der Waals surface area contributed by atoms with Gasteiger partial charge in [-0.05, 0) is 30.7 Å². The van der Waals surface area contributed by atoms with Crippen LogP contribution in [0.15, 0.2) is 24.3 Å². The van der Waals surface area contributed by atoms with Crippen molar-refractivity contribution < 1.29 is 23.8 Å². The van der Waals surface area contributed by atoms with Gasteiger partial charge in [-0.2, -0.15) is 9.78 Å². The summed E-state index contributed by atoms with van der Waals surface area (Å²) in [6, 6.07) is 7.42. The number of imidazole rings is 1. The summed E-state index contributed by atoms with van der Waals surface area (Å²) < 4.78 is 20.3. The van der Waals surface area contributed by atoms with Crippen LogP contribution in [0.4, 0.5) is 20.5 Å². The van der Waals surface area contributed by atoms with Gasteiger partial charge < -0.3 is 24.5 Å². The summed E-state index contributed by atoms with van der Waals surface area (Å²) in [5, 5.41) is 25.5. The van der Waals surface area contributed by atoms with Crippen LogP contribution in [0.3, 0.4) is 0 Å². The lowest BCUT2D eigenvalue weighted by atomic mass is 10.1. The Hall–Kier alpha value is -4.17. The van der Waals surface area contributed by atoms with Crippen molar-refractivity contribution in [1.82, 2.24) is 29.4 Å². The second-order valence-electron chi connectivity index (χ2n) is 10.6. The number of thiazole rings is 1. The van der Waals surface area contributed by atoms with Crippen LogP contribution < -0.4 is 9.80 Å². The molecule has 0 radical (unpaired) electrons. The first-order valence-electron chi connectivity index (χ1n) is 14.0. The highest BCUT2D eigenvalue weighted by atomic mass is 32.1. The number of aliphatic hydroxyl groups is 1. The van der Waals surface area contributed by atoms with Crippen LogP contribution in [-0.2, 0) is 20.7 Å². The summed E-state index contributed by atoms with van der Waals surface area (Å²) >= 11 is 2.62. The first-order valence-corrected chi connectivity index (χ1v) is 15.7. The molecule has 0 aliphatic carbocycles. The number of ether oxygens (including phenoxy) is 1. The number of amides is 1. The molecule has 2 saturated heterocycles. The zero-order chi connectivity index (χ0) is 31.1. The van der Waals surface area contributed by atoms with E-state index in [2.05, 4.69) is 6.07 Å². The number of carbonyl (C=O) groups excluding carboxylic acids is 2. The molecule has 44 heavy (non-hydrogen) atoms. The SMILES string of the molecule is CCc1nc2sc(N3CCN(CC(=O)N4CC(O)C4)[C@H](C(=O)OC)C3)nn2c1N(C)c1nc(-c2ccc(F)cc2)c(C#N)s1. The third-order valence-electron chi connectivity index (χ3n) is 7.80. The van der Waals surface area contributed by atoms with E-state index in [0.29, 0.717) is 69.8 Å². The highest BCUT2D eigenvalue weighted by molar-refractivity contribution is 7.20. The monoisotopic (exact) mass is 639 g/mol. The fourth-order valence-electron chi connectivity index (χ4n) is 5.37. The summed E-state index contributed by atoms with van der Waals surface area (Å²) in [7, 11) is 3.17. The van der Waals surface area contributed by atoms with E-state index in [0.717, 1.165) is 5.69 Å². The number of aliphatic hydroxyl groups excluding tert-OH is 1. The average molecular weight is 640 g/mol. The maximum absolute atomic E-state index is 13.5. The normalized spacial score (nSPS) is 17.5. The number of aromatic nitrogens is 4. The molecule has 1 aromatic carbocycles. The molecule has 0 spiro atoms. The predicted octanol–water partition coefficient (Wildman–Crippen LogP) is 2.12. The number of β-amino-alcohol motifs (C(OH)–C–C–N with tert-alkyl or cyclic N) is 1. The molecule has 1 N–H and O–H groups in total. The summed E-state index contributed by atoms with van der Waals surface area (Å²) in [5.74, 6) is -0.224. The Morgan fingerprint density at radius 3 is 2.59 bits per heavy atom. The van der Waals surface area contributed by atoms with Crippen molar-refractivity contribution >= 4 is 55.6 Å². The van der Waals surface area contributed by atoms with Gasteiger partial charge in [-0.3, -0.25) is 14.5 Å². The standard InChI is InChI=1S/C28H30FN9O4S2/c1-4-19-24(34(2)26-32-23(21(11-30)43-26)16-5-7-17(29)8-6-16)38-27(31-19)44-28(33-38)36-10-9-35(20(14-36)25(41)42-3)15-22(40)37-12-18(39)13-37/h5-8,18,20,39H,4,9-10,12-15H2,1-3H3/t20-/m0/s1. The van der Waals surface area contributed by atoms with Crippen LogP contribution in [0.2, 0.25) is 0 Å². The van der Waals surface area contributed by atoms with Gasteiger partial charge in [0.2, 0.25) is 16.0 Å². The van der Waals surface area contributed by atoms with Gasteiger partial charge in [-0.1, -0.05) is 29.6 Å². The van der Waals surface area contributed by atoms with Crippen LogP contribution in [0.25, 0.3) is 16.2 Å². The van der Waals surface area contributed by atoms with E-state index in [1.165, 1.54) is 41.9 Å². The van der Waals surface area contributed by atoms with E-state index in [9.17, 15) is 24.3 Å². The molecular weight excluding hydrogens is 609 g/mol. The first-order chi connectivity index (χ1) is 21.2. The van der Waals surface area contributed by atoms with Crippen molar-refractivity contribution in [1.29, 1.82) is 5.26 Å². The number of esters is 1. The summed E-state index contributed by atoms with van der Waals surface area (Å²) in [5.41, 5.74) is 1.93. The molecule has 1 atom stereocenters. The average Bonchev–Trinajstić information content (AvgIpc) is 3.72. The molecule has 0 bridgehead atoms. The summed E-state index contributed by atoms with van der Waals surface area (Å²) in [4.78, 5) is 43.3. The molecule has 0 saturated carbocycles. The number of methoxy groups -OCH3 is 1. The third kappa shape index (κ3) is 5.47. The van der Waals surface area contributed by atoms with Crippen molar-refractivity contribution in [2.24, 2.45) is 0 Å². The van der Waals surface area contributed by atoms with E-state index in [1.54, 1.807) is 21.5 Å². The quantitative estimate of drug-likeness (QED) is 0.283. The number of carbonyl (C=O) groups is 2. The number of nitrogens with zero attached hydrogens (tertiary/aromatic N) is 9. The molecule has 2 aliphatic rings. The smallest absolute Gasteiger partial charge is 0.324 e. The predicted molar refractivity (Wildman–Crippen MR) is 163 cm³/mol. The Morgan fingerprint density at radius 1 is 1.18 bits per heavy atom. The van der Waals surface area contributed by atoms with Gasteiger partial charge in [0.05, 0.1) is 25.5 Å². The van der Waals surface area contributed by atoms with Gasteiger partial charge in [-0.25, -0.2) is 14.4 Å². The van der Waals surface area contributed by atoms with E-state index < -0.39 is 18.1 Å². The van der Waals surface area contributed by atoms with E-state index >= 15 is 0 Å². The third-order valence-corrected chi connectivity index (χ3v) is 9.81. The molecule has 3 aromatic heterocycles. The van der Waals surface area contributed by atoms with Crippen molar-refractivity contribution in [2.45, 2.75) is 25.5 Å². The first kappa shape index (κ1) is 29.9. The molecular formula is C28H30FN9O4S2. The molecule has 2 aliphatic heterocycles. The molecule has 13 nitrogen and oxygen atoms in total. The Labute approximate surface area is 260 Å². The maximum Gasteiger partial charge on any atom is 0.324 e. The zero-order valence-electron chi connectivity index (χ0n) is 24.3. The fraction of sp³-hybridized carbons (Fsp3) is 0.429. The molecule has 0 unspecified atom stereocenters. The topological polar surface area (TPSA) is 143 Å². The van der Waals surface area contributed by atoms with Crippen molar-refractivity contribution in [3.8, 4) is 17.3 Å². The van der Waals surface area contributed by atoms with Crippen LogP contribution in [0.1, 0.15) is 17.5 Å². The molecule has 5 heterocycles. The Balaban J connectivity index is 1.26. The minimum Gasteiger partial charge on any atom is -0.468 e. The summed E-state index contributed by atoms with van der Waals surface area (Å²) in [6.45, 7) is 3.94. The molecule has 2 fully saturated rings. The minimum absolute atomic E-state index is 0.0642. The molecule has 230 valence electrons. The number of aryl methyl sites for hydroxylation is 1. The Kier molecular flexibility index (Phi) is 8.20. The number of hydrogen-bond donors (Lipinski definition) is 1. The Morgan fingerprint density at radius 2 is 1.93 bits per heavy atom. The lowest BCUT2D eigenvalue weighted by molar-refractivity contribution is -0.150. The maximum atomic E-state index is 13.5. The summed E-state index contributed by atoms with van der Waals surface area (Å²) in [6.07, 6.45) is 0.145. The second-order valence-corrected chi connectivity index (χ2v) is 12.5. The van der Waals surface area contributed by atoms with Crippen LogP contribution in [-0.4, -0.2) is 112 Å². The lowest BCUT2D eigenvalue weighted by Crippen LogP contribution is -2.61. The molecule has 16 heteroatoms. The number of piperazine rings is 1. The van der Waals surface area contributed by atoms with Gasteiger partial charge >= 0.3 is 5.97 Å². The molecule has 6 rings (SSSR count). The van der Waals surface area contributed by atoms with Gasteiger partial charge in [0.15, 0.2) is 10.9 Å². The van der Waals surface area contributed by atoms with E-state index in [1.807, 2.05) is 28.7 Å². The van der Waals surface area contributed by atoms with E-state index in [4.69, 9.17) is 19.8 Å². The van der Waals surface area contributed by atoms with Crippen LogP contribution in [0.5, 0.6) is 0 Å². The molecule has 4 aromatic rings. The minimum atomic E-state index is -0.668. The van der Waals surface area contributed by atoms with Gasteiger partial charge in [0.25, 0.3) is 0 Å². The van der Waals surface area contributed by atoms with Crippen molar-refractivity contribution in [2.75, 3.05) is 63.2 Å². The lowest BCUT2D eigenvalue weighted by Gasteiger charge is -2.42. The van der Waals surface area contributed by atoms with Crippen molar-refractivity contribution in [3.05, 3.63) is 40.7 Å². The number of likely N-dealkylation sites (tertiary alicyclic amines) is 1. The number of halogens is 1. The highest BCUT2D eigenvalue weighted by Gasteiger charge is 2.38. The fourth-order valence-corrected chi connectivity index (χ4v) is 7.17. The largest absolute Gasteiger partial charge is 0.468 e. The van der Waals surface area contributed by atoms with Gasteiger partial charge in [0.1, 0.15) is 28.5 Å². The Bertz CT molecular complexity index is 1740. The molecule has 1 amide bonds. The van der Waals surface area contributed by atoms with Crippen LogP contribution >= 0.6 is 22.7 Å². The van der Waals surface area contributed by atoms with Crippen LogP contribution in [0, 0.1) is 17.1 Å². The highest BCUT2D eigenvalue weighted by Crippen LogP contribution is 2.38. The number of hydrogen-bond acceptors (Lipinski definition) is 13.